The van der Waals surface area contributed by atoms with Crippen molar-refractivity contribution in [2.24, 2.45) is 5.92 Å². The quantitative estimate of drug-likeness (QED) is 0.711. The number of hydrogen-bond donors (Lipinski definition) is 1. The maximum atomic E-state index is 13.9. The Morgan fingerprint density at radius 1 is 1.25 bits per heavy atom. The predicted octanol–water partition coefficient (Wildman–Crippen LogP) is 3.68. The molecule has 1 aromatic carbocycles. The second-order valence-corrected chi connectivity index (χ2v) is 6.51. The molecule has 0 aliphatic carbocycles. The summed E-state index contributed by atoms with van der Waals surface area (Å²) in [7, 11) is 0. The van der Waals surface area contributed by atoms with Gasteiger partial charge in [0.2, 0.25) is 0 Å². The van der Waals surface area contributed by atoms with Crippen molar-refractivity contribution < 1.29 is 9.50 Å². The summed E-state index contributed by atoms with van der Waals surface area (Å²) in [6, 6.07) is 10.9. The standard InChI is InChI=1S/C20H27FN2O/c1-4-11-22(15-20(24)16(2)3)14-18-9-7-12-23(18)13-17-8-5-6-10-19(17)21/h4-10,12,16,20,24H,1,11,13-15H2,2-3H3. The lowest BCUT2D eigenvalue weighted by atomic mass is 10.1. The highest BCUT2D eigenvalue weighted by Crippen LogP contribution is 2.14. The summed E-state index contributed by atoms with van der Waals surface area (Å²) < 4.78 is 15.9. The Kier molecular flexibility index (Phi) is 6.76. The third-order valence-electron chi connectivity index (χ3n) is 4.21. The average Bonchev–Trinajstić information content (AvgIpc) is 2.96. The van der Waals surface area contributed by atoms with Crippen molar-refractivity contribution >= 4 is 0 Å². The molecule has 0 aliphatic rings. The summed E-state index contributed by atoms with van der Waals surface area (Å²) in [4.78, 5) is 2.16. The van der Waals surface area contributed by atoms with Crippen LogP contribution >= 0.6 is 0 Å². The Morgan fingerprint density at radius 2 is 2.00 bits per heavy atom. The normalized spacial score (nSPS) is 12.8. The fraction of sp³-hybridized carbons (Fsp3) is 0.400. The highest BCUT2D eigenvalue weighted by molar-refractivity contribution is 5.19. The molecule has 0 amide bonds. The van der Waals surface area contributed by atoms with Gasteiger partial charge in [0, 0.05) is 37.1 Å². The average molecular weight is 330 g/mol. The summed E-state index contributed by atoms with van der Waals surface area (Å²) in [5.41, 5.74) is 1.77. The molecule has 0 saturated heterocycles. The number of hydrogen-bond acceptors (Lipinski definition) is 2. The van der Waals surface area contributed by atoms with Crippen LogP contribution in [0.1, 0.15) is 25.1 Å². The third kappa shape index (κ3) is 5.05. The second-order valence-electron chi connectivity index (χ2n) is 6.51. The van der Waals surface area contributed by atoms with Crippen LogP contribution in [0.15, 0.2) is 55.3 Å². The minimum Gasteiger partial charge on any atom is -0.392 e. The molecule has 0 saturated carbocycles. The van der Waals surface area contributed by atoms with Gasteiger partial charge in [-0.05, 0) is 24.1 Å². The lowest BCUT2D eigenvalue weighted by Gasteiger charge is -2.26. The zero-order chi connectivity index (χ0) is 17.5. The molecule has 2 aromatic rings. The van der Waals surface area contributed by atoms with Crippen molar-refractivity contribution in [2.75, 3.05) is 13.1 Å². The van der Waals surface area contributed by atoms with Gasteiger partial charge in [0.1, 0.15) is 5.82 Å². The van der Waals surface area contributed by atoms with Gasteiger partial charge in [0.25, 0.3) is 0 Å². The highest BCUT2D eigenvalue weighted by atomic mass is 19.1. The molecule has 4 heteroatoms. The van der Waals surface area contributed by atoms with E-state index in [4.69, 9.17) is 0 Å². The van der Waals surface area contributed by atoms with Crippen LogP contribution in [0.5, 0.6) is 0 Å². The van der Waals surface area contributed by atoms with E-state index in [1.54, 1.807) is 6.07 Å². The molecule has 2 rings (SSSR count). The molecule has 1 heterocycles. The van der Waals surface area contributed by atoms with Crippen molar-refractivity contribution in [3.05, 3.63) is 72.3 Å². The summed E-state index contributed by atoms with van der Waals surface area (Å²) in [5, 5.41) is 10.2. The number of rotatable bonds is 9. The van der Waals surface area contributed by atoms with Crippen molar-refractivity contribution in [2.45, 2.75) is 33.0 Å². The Bertz CT molecular complexity index is 651. The van der Waals surface area contributed by atoms with Crippen molar-refractivity contribution in [3.63, 3.8) is 0 Å². The van der Waals surface area contributed by atoms with Crippen LogP contribution in [0.25, 0.3) is 0 Å². The van der Waals surface area contributed by atoms with E-state index in [1.165, 1.54) is 6.07 Å². The predicted molar refractivity (Wildman–Crippen MR) is 96.3 cm³/mol. The second kappa shape index (κ2) is 8.81. The first kappa shape index (κ1) is 18.4. The van der Waals surface area contributed by atoms with E-state index in [1.807, 2.05) is 50.4 Å². The van der Waals surface area contributed by atoms with Gasteiger partial charge in [-0.15, -0.1) is 6.58 Å². The number of halogens is 1. The van der Waals surface area contributed by atoms with Gasteiger partial charge >= 0.3 is 0 Å². The number of aromatic nitrogens is 1. The number of nitrogens with zero attached hydrogens (tertiary/aromatic N) is 2. The van der Waals surface area contributed by atoms with Crippen LogP contribution in [0, 0.1) is 11.7 Å². The van der Waals surface area contributed by atoms with Gasteiger partial charge in [-0.3, -0.25) is 4.90 Å². The van der Waals surface area contributed by atoms with Crippen LogP contribution in [0.3, 0.4) is 0 Å². The molecule has 1 atom stereocenters. The zero-order valence-corrected chi connectivity index (χ0v) is 14.5. The van der Waals surface area contributed by atoms with E-state index in [2.05, 4.69) is 16.0 Å². The van der Waals surface area contributed by atoms with Crippen molar-refractivity contribution in [1.82, 2.24) is 9.47 Å². The Morgan fingerprint density at radius 3 is 2.67 bits per heavy atom. The molecule has 0 aliphatic heterocycles. The summed E-state index contributed by atoms with van der Waals surface area (Å²) in [6.07, 6.45) is 3.43. The van der Waals surface area contributed by atoms with Crippen LogP contribution in [0.2, 0.25) is 0 Å². The van der Waals surface area contributed by atoms with E-state index in [0.29, 0.717) is 31.7 Å². The Balaban J connectivity index is 2.10. The maximum Gasteiger partial charge on any atom is 0.128 e. The number of aliphatic hydroxyl groups is 1. The molecule has 0 spiro atoms. The lowest BCUT2D eigenvalue weighted by molar-refractivity contribution is 0.0772. The van der Waals surface area contributed by atoms with E-state index < -0.39 is 0 Å². The molecule has 0 fully saturated rings. The van der Waals surface area contributed by atoms with Gasteiger partial charge in [-0.2, -0.15) is 0 Å². The third-order valence-corrected chi connectivity index (χ3v) is 4.21. The van der Waals surface area contributed by atoms with Gasteiger partial charge in [-0.25, -0.2) is 4.39 Å². The highest BCUT2D eigenvalue weighted by Gasteiger charge is 2.16. The van der Waals surface area contributed by atoms with E-state index >= 15 is 0 Å². The van der Waals surface area contributed by atoms with Crippen LogP contribution in [0.4, 0.5) is 4.39 Å². The minimum atomic E-state index is -0.375. The van der Waals surface area contributed by atoms with E-state index in [-0.39, 0.29) is 17.8 Å². The smallest absolute Gasteiger partial charge is 0.128 e. The van der Waals surface area contributed by atoms with Gasteiger partial charge in [-0.1, -0.05) is 38.1 Å². The molecule has 1 aromatic heterocycles. The zero-order valence-electron chi connectivity index (χ0n) is 14.5. The molecule has 130 valence electrons. The van der Waals surface area contributed by atoms with Gasteiger partial charge in [0.05, 0.1) is 12.6 Å². The first-order chi connectivity index (χ1) is 11.5. The maximum absolute atomic E-state index is 13.9. The van der Waals surface area contributed by atoms with Gasteiger partial charge < -0.3 is 9.67 Å². The number of aliphatic hydroxyl groups excluding tert-OH is 1. The lowest BCUT2D eigenvalue weighted by Crippen LogP contribution is -2.35. The fourth-order valence-corrected chi connectivity index (χ4v) is 2.65. The van der Waals surface area contributed by atoms with Gasteiger partial charge in [0.15, 0.2) is 0 Å². The van der Waals surface area contributed by atoms with Crippen LogP contribution in [-0.2, 0) is 13.1 Å². The Hall–Kier alpha value is -1.91. The van der Waals surface area contributed by atoms with Crippen LogP contribution < -0.4 is 0 Å². The number of benzene rings is 1. The Labute approximate surface area is 144 Å². The summed E-state index contributed by atoms with van der Waals surface area (Å²) >= 11 is 0. The molecule has 0 radical (unpaired) electrons. The summed E-state index contributed by atoms with van der Waals surface area (Å²) in [6.45, 7) is 10.3. The van der Waals surface area contributed by atoms with E-state index in [0.717, 1.165) is 5.69 Å². The summed E-state index contributed by atoms with van der Waals surface area (Å²) in [5.74, 6) is 0.0258. The van der Waals surface area contributed by atoms with Crippen molar-refractivity contribution in [3.8, 4) is 0 Å². The largest absolute Gasteiger partial charge is 0.392 e. The van der Waals surface area contributed by atoms with Crippen LogP contribution in [-0.4, -0.2) is 33.8 Å². The molecule has 1 unspecified atom stereocenters. The minimum absolute atomic E-state index is 0.185. The molecular weight excluding hydrogens is 303 g/mol. The molecule has 0 bridgehead atoms. The first-order valence-electron chi connectivity index (χ1n) is 8.40. The monoisotopic (exact) mass is 330 g/mol. The molecule has 1 N–H and O–H groups in total. The fourth-order valence-electron chi connectivity index (χ4n) is 2.65. The topological polar surface area (TPSA) is 28.4 Å². The van der Waals surface area contributed by atoms with Crippen molar-refractivity contribution in [1.29, 1.82) is 0 Å². The van der Waals surface area contributed by atoms with E-state index in [9.17, 15) is 9.50 Å². The molecular formula is C20H27FN2O. The molecule has 3 nitrogen and oxygen atoms in total. The SMILES string of the molecule is C=CCN(Cc1cccn1Cc1ccccc1F)CC(O)C(C)C. The first-order valence-corrected chi connectivity index (χ1v) is 8.40. The molecule has 24 heavy (non-hydrogen) atoms.